The van der Waals surface area contributed by atoms with Crippen LogP contribution in [0, 0.1) is 0 Å². The first-order valence-electron chi connectivity index (χ1n) is 7.02. The fraction of sp³-hybridized carbons (Fsp3) is 0.533. The Morgan fingerprint density at radius 3 is 2.86 bits per heavy atom. The highest BCUT2D eigenvalue weighted by atomic mass is 35.5. The van der Waals surface area contributed by atoms with Crippen LogP contribution in [0.1, 0.15) is 35.2 Å². The largest absolute Gasteiger partial charge is 0.334 e. The van der Waals surface area contributed by atoms with Gasteiger partial charge < -0.3 is 10.6 Å². The lowest BCUT2D eigenvalue weighted by Crippen LogP contribution is -2.47. The Balaban J connectivity index is 0.00000220. The van der Waals surface area contributed by atoms with Crippen molar-refractivity contribution in [2.24, 2.45) is 5.73 Å². The minimum atomic E-state index is -0.896. The van der Waals surface area contributed by atoms with E-state index < -0.39 is 10.8 Å². The molecule has 2 atom stereocenters. The Morgan fingerprint density at radius 2 is 2.19 bits per heavy atom. The Bertz CT molecular complexity index is 510. The summed E-state index contributed by atoms with van der Waals surface area (Å²) in [7, 11) is -0.896. The van der Waals surface area contributed by atoms with E-state index in [2.05, 4.69) is 0 Å². The van der Waals surface area contributed by atoms with Gasteiger partial charge in [-0.05, 0) is 37.0 Å². The summed E-state index contributed by atoms with van der Waals surface area (Å²) in [5.41, 5.74) is 7.39. The van der Waals surface area contributed by atoms with Gasteiger partial charge in [-0.2, -0.15) is 0 Å². The van der Waals surface area contributed by atoms with Gasteiger partial charge in [-0.3, -0.25) is 9.00 Å². The van der Waals surface area contributed by atoms with Crippen molar-refractivity contribution in [3.63, 3.8) is 0 Å². The van der Waals surface area contributed by atoms with Crippen LogP contribution in [0.5, 0.6) is 0 Å². The maximum atomic E-state index is 12.6. The van der Waals surface area contributed by atoms with Crippen molar-refractivity contribution in [1.29, 1.82) is 0 Å². The van der Waals surface area contributed by atoms with Crippen LogP contribution < -0.4 is 5.73 Å². The standard InChI is InChI=1S/C15H22N2O2S.ClH/c1-20(19)11-12-5-4-6-13(9-12)15(18)17-8-3-2-7-14(17)10-16;/h4-6,9,14H,2-3,7-8,10-11,16H2,1H3;1H. The molecule has 0 spiro atoms. The molecule has 21 heavy (non-hydrogen) atoms. The lowest BCUT2D eigenvalue weighted by Gasteiger charge is -2.35. The molecule has 1 fully saturated rings. The van der Waals surface area contributed by atoms with Crippen LogP contribution in [0.25, 0.3) is 0 Å². The first-order valence-corrected chi connectivity index (χ1v) is 8.74. The van der Waals surface area contributed by atoms with Gasteiger partial charge in [0.05, 0.1) is 0 Å². The fourth-order valence-electron chi connectivity index (χ4n) is 2.71. The van der Waals surface area contributed by atoms with Gasteiger partial charge in [-0.25, -0.2) is 0 Å². The average Bonchev–Trinajstić information content (AvgIpc) is 2.46. The van der Waals surface area contributed by atoms with Crippen molar-refractivity contribution in [2.75, 3.05) is 19.3 Å². The van der Waals surface area contributed by atoms with Gasteiger partial charge in [-0.1, -0.05) is 12.1 Å². The second-order valence-corrected chi connectivity index (χ2v) is 6.74. The summed E-state index contributed by atoms with van der Waals surface area (Å²) in [6.45, 7) is 1.30. The van der Waals surface area contributed by atoms with Crippen molar-refractivity contribution in [3.8, 4) is 0 Å². The average molecular weight is 331 g/mol. The zero-order valence-electron chi connectivity index (χ0n) is 12.3. The molecule has 0 radical (unpaired) electrons. The number of carbonyl (C=O) groups is 1. The van der Waals surface area contributed by atoms with Gasteiger partial charge in [-0.15, -0.1) is 12.4 Å². The number of hydrogen-bond donors (Lipinski definition) is 1. The van der Waals surface area contributed by atoms with Crippen molar-refractivity contribution >= 4 is 29.1 Å². The molecule has 0 bridgehead atoms. The van der Waals surface area contributed by atoms with E-state index >= 15 is 0 Å². The van der Waals surface area contributed by atoms with E-state index in [-0.39, 0.29) is 24.4 Å². The molecule has 0 aliphatic carbocycles. The van der Waals surface area contributed by atoms with E-state index in [0.29, 0.717) is 17.9 Å². The quantitative estimate of drug-likeness (QED) is 0.917. The Kier molecular flexibility index (Phi) is 7.35. The molecule has 1 heterocycles. The third kappa shape index (κ3) is 4.80. The summed E-state index contributed by atoms with van der Waals surface area (Å²) in [6.07, 6.45) is 4.84. The van der Waals surface area contributed by atoms with Crippen LogP contribution in [0.15, 0.2) is 24.3 Å². The number of hydrogen-bond acceptors (Lipinski definition) is 3. The Morgan fingerprint density at radius 1 is 1.43 bits per heavy atom. The fourth-order valence-corrected chi connectivity index (χ4v) is 3.36. The van der Waals surface area contributed by atoms with E-state index in [1.807, 2.05) is 29.2 Å². The summed E-state index contributed by atoms with van der Waals surface area (Å²) >= 11 is 0. The Hall–Kier alpha value is -0.910. The molecule has 2 rings (SSSR count). The highest BCUT2D eigenvalue weighted by Crippen LogP contribution is 2.19. The molecule has 118 valence electrons. The van der Waals surface area contributed by atoms with Gasteiger partial charge in [0, 0.05) is 47.5 Å². The first-order chi connectivity index (χ1) is 9.61. The molecular formula is C15H23ClN2O2S. The number of amides is 1. The third-order valence-corrected chi connectivity index (χ3v) is 4.44. The second-order valence-electron chi connectivity index (χ2n) is 5.30. The van der Waals surface area contributed by atoms with E-state index in [0.717, 1.165) is 31.4 Å². The number of carbonyl (C=O) groups excluding carboxylic acids is 1. The molecular weight excluding hydrogens is 308 g/mol. The van der Waals surface area contributed by atoms with Gasteiger partial charge in [0.15, 0.2) is 0 Å². The Labute approximate surface area is 134 Å². The third-order valence-electron chi connectivity index (χ3n) is 3.70. The molecule has 6 heteroatoms. The summed E-state index contributed by atoms with van der Waals surface area (Å²) < 4.78 is 11.3. The molecule has 1 saturated heterocycles. The minimum Gasteiger partial charge on any atom is -0.334 e. The van der Waals surface area contributed by atoms with Gasteiger partial charge in [0.2, 0.25) is 0 Å². The molecule has 1 aliphatic heterocycles. The van der Waals surface area contributed by atoms with E-state index in [9.17, 15) is 9.00 Å². The summed E-state index contributed by atoms with van der Waals surface area (Å²) in [6, 6.07) is 7.60. The first kappa shape index (κ1) is 18.1. The van der Waals surface area contributed by atoms with Crippen LogP contribution >= 0.6 is 12.4 Å². The number of rotatable bonds is 4. The lowest BCUT2D eigenvalue weighted by atomic mass is 10.0. The maximum absolute atomic E-state index is 12.6. The molecule has 1 amide bonds. The van der Waals surface area contributed by atoms with E-state index in [1.54, 1.807) is 6.26 Å². The monoisotopic (exact) mass is 330 g/mol. The molecule has 2 unspecified atom stereocenters. The van der Waals surface area contributed by atoms with E-state index in [1.165, 1.54) is 0 Å². The van der Waals surface area contributed by atoms with Gasteiger partial charge >= 0.3 is 0 Å². The van der Waals surface area contributed by atoms with Crippen LogP contribution in [0.3, 0.4) is 0 Å². The zero-order chi connectivity index (χ0) is 14.5. The molecule has 0 aromatic heterocycles. The lowest BCUT2D eigenvalue weighted by molar-refractivity contribution is 0.0623. The highest BCUT2D eigenvalue weighted by molar-refractivity contribution is 7.83. The minimum absolute atomic E-state index is 0. The van der Waals surface area contributed by atoms with E-state index in [4.69, 9.17) is 5.73 Å². The predicted octanol–water partition coefficient (Wildman–Crippen LogP) is 1.94. The number of piperidine rings is 1. The van der Waals surface area contributed by atoms with Crippen LogP contribution in [0.2, 0.25) is 0 Å². The summed E-state index contributed by atoms with van der Waals surface area (Å²) in [5, 5.41) is 0. The number of nitrogens with two attached hydrogens (primary N) is 1. The van der Waals surface area contributed by atoms with Crippen molar-refractivity contribution < 1.29 is 9.00 Å². The molecule has 2 N–H and O–H groups in total. The topological polar surface area (TPSA) is 63.4 Å². The zero-order valence-corrected chi connectivity index (χ0v) is 13.9. The van der Waals surface area contributed by atoms with Crippen LogP contribution in [-0.4, -0.2) is 40.4 Å². The normalized spacial score (nSPS) is 19.7. The molecule has 1 aromatic carbocycles. The predicted molar refractivity (Wildman–Crippen MR) is 89.2 cm³/mol. The maximum Gasteiger partial charge on any atom is 0.254 e. The summed E-state index contributed by atoms with van der Waals surface area (Å²) in [5.74, 6) is 0.533. The number of nitrogens with zero attached hydrogens (tertiary/aromatic N) is 1. The molecule has 0 saturated carbocycles. The van der Waals surface area contributed by atoms with Crippen LogP contribution in [-0.2, 0) is 16.6 Å². The number of halogens is 1. The van der Waals surface area contributed by atoms with Crippen molar-refractivity contribution in [1.82, 2.24) is 4.90 Å². The number of likely N-dealkylation sites (tertiary alicyclic amines) is 1. The smallest absolute Gasteiger partial charge is 0.254 e. The molecule has 1 aromatic rings. The SMILES string of the molecule is CS(=O)Cc1cccc(C(=O)N2CCCCC2CN)c1.Cl. The molecule has 1 aliphatic rings. The second kappa shape index (κ2) is 8.51. The van der Waals surface area contributed by atoms with Crippen molar-refractivity contribution in [2.45, 2.75) is 31.1 Å². The number of benzene rings is 1. The van der Waals surface area contributed by atoms with Gasteiger partial charge in [0.1, 0.15) is 0 Å². The van der Waals surface area contributed by atoms with Crippen LogP contribution in [0.4, 0.5) is 0 Å². The highest BCUT2D eigenvalue weighted by Gasteiger charge is 2.26. The summed E-state index contributed by atoms with van der Waals surface area (Å²) in [4.78, 5) is 14.5. The van der Waals surface area contributed by atoms with Gasteiger partial charge in [0.25, 0.3) is 5.91 Å². The van der Waals surface area contributed by atoms with Crippen molar-refractivity contribution in [3.05, 3.63) is 35.4 Å². The molecule has 4 nitrogen and oxygen atoms in total.